The van der Waals surface area contributed by atoms with E-state index in [0.717, 1.165) is 19.3 Å². The molecule has 1 aliphatic rings. The largest absolute Gasteiger partial charge is 0.477 e. The average molecular weight is 414 g/mol. The van der Waals surface area contributed by atoms with Gasteiger partial charge in [0.1, 0.15) is 17.2 Å². The topological polar surface area (TPSA) is 75.6 Å². The van der Waals surface area contributed by atoms with E-state index in [1.807, 2.05) is 12.1 Å². The Labute approximate surface area is 175 Å². The first-order chi connectivity index (χ1) is 14.0. The highest BCUT2D eigenvalue weighted by atomic mass is 35.5. The molecule has 2 N–H and O–H groups in total. The van der Waals surface area contributed by atoms with Crippen LogP contribution in [0.5, 0.6) is 11.5 Å². The first-order valence-corrected chi connectivity index (χ1v) is 10.2. The molecular weight excluding hydrogens is 390 g/mol. The second-order valence-corrected chi connectivity index (χ2v) is 7.61. The van der Waals surface area contributed by atoms with Gasteiger partial charge in [-0.25, -0.2) is 4.79 Å². The summed E-state index contributed by atoms with van der Waals surface area (Å²) < 4.78 is 5.77. The zero-order valence-corrected chi connectivity index (χ0v) is 16.8. The number of para-hydroxylation sites is 1. The molecule has 1 amide bonds. The summed E-state index contributed by atoms with van der Waals surface area (Å²) >= 11 is 6.11. The van der Waals surface area contributed by atoms with Crippen molar-refractivity contribution in [3.63, 3.8) is 0 Å². The SMILES string of the molecule is O=C(CCC1CCCC1)NC(=Cc1cccc(Oc2ccccc2Cl)c1)C(=O)O. The molecule has 0 unspecified atom stereocenters. The Balaban J connectivity index is 1.67. The predicted molar refractivity (Wildman–Crippen MR) is 113 cm³/mol. The lowest BCUT2D eigenvalue weighted by molar-refractivity contribution is -0.134. The van der Waals surface area contributed by atoms with Gasteiger partial charge in [0.2, 0.25) is 5.91 Å². The molecule has 2 aromatic rings. The number of aliphatic carboxylic acids is 1. The van der Waals surface area contributed by atoms with Crippen molar-refractivity contribution in [2.45, 2.75) is 38.5 Å². The van der Waals surface area contributed by atoms with Crippen molar-refractivity contribution < 1.29 is 19.4 Å². The predicted octanol–water partition coefficient (Wildman–Crippen LogP) is 5.64. The lowest BCUT2D eigenvalue weighted by atomic mass is 10.0. The van der Waals surface area contributed by atoms with Crippen molar-refractivity contribution >= 4 is 29.6 Å². The van der Waals surface area contributed by atoms with Crippen molar-refractivity contribution in [2.24, 2.45) is 5.92 Å². The van der Waals surface area contributed by atoms with Crippen LogP contribution in [0.15, 0.2) is 54.2 Å². The lowest BCUT2D eigenvalue weighted by Crippen LogP contribution is -2.27. The van der Waals surface area contributed by atoms with E-state index < -0.39 is 5.97 Å². The number of carbonyl (C=O) groups excluding carboxylic acids is 1. The molecule has 0 atom stereocenters. The van der Waals surface area contributed by atoms with E-state index in [-0.39, 0.29) is 11.6 Å². The van der Waals surface area contributed by atoms with Crippen molar-refractivity contribution in [1.82, 2.24) is 5.32 Å². The number of benzene rings is 2. The summed E-state index contributed by atoms with van der Waals surface area (Å²) in [6.45, 7) is 0. The summed E-state index contributed by atoms with van der Waals surface area (Å²) in [5.74, 6) is 0.153. The second-order valence-electron chi connectivity index (χ2n) is 7.21. The molecule has 1 saturated carbocycles. The van der Waals surface area contributed by atoms with Gasteiger partial charge in [0.15, 0.2) is 0 Å². The first kappa shape index (κ1) is 20.9. The maximum absolute atomic E-state index is 12.2. The second kappa shape index (κ2) is 10.1. The van der Waals surface area contributed by atoms with Gasteiger partial charge in [-0.3, -0.25) is 4.79 Å². The minimum absolute atomic E-state index is 0.156. The molecule has 2 aromatic carbocycles. The van der Waals surface area contributed by atoms with Gasteiger partial charge in [-0.15, -0.1) is 0 Å². The highest BCUT2D eigenvalue weighted by Crippen LogP contribution is 2.30. The average Bonchev–Trinajstić information content (AvgIpc) is 3.22. The number of hydrogen-bond donors (Lipinski definition) is 2. The van der Waals surface area contributed by atoms with Crippen LogP contribution < -0.4 is 10.1 Å². The molecule has 152 valence electrons. The molecule has 29 heavy (non-hydrogen) atoms. The third-order valence-electron chi connectivity index (χ3n) is 4.99. The third-order valence-corrected chi connectivity index (χ3v) is 5.30. The fourth-order valence-corrected chi connectivity index (χ4v) is 3.66. The molecule has 5 nitrogen and oxygen atoms in total. The van der Waals surface area contributed by atoms with Gasteiger partial charge >= 0.3 is 5.97 Å². The Morgan fingerprint density at radius 2 is 1.90 bits per heavy atom. The Bertz CT molecular complexity index is 903. The van der Waals surface area contributed by atoms with Gasteiger partial charge in [-0.05, 0) is 48.2 Å². The maximum Gasteiger partial charge on any atom is 0.352 e. The molecule has 0 bridgehead atoms. The first-order valence-electron chi connectivity index (χ1n) is 9.78. The summed E-state index contributed by atoms with van der Waals surface area (Å²) in [5, 5.41) is 12.5. The van der Waals surface area contributed by atoms with E-state index in [4.69, 9.17) is 16.3 Å². The maximum atomic E-state index is 12.2. The minimum Gasteiger partial charge on any atom is -0.477 e. The van der Waals surface area contributed by atoms with Crippen LogP contribution >= 0.6 is 11.6 Å². The Morgan fingerprint density at radius 3 is 2.62 bits per heavy atom. The van der Waals surface area contributed by atoms with Crippen LogP contribution in [0, 0.1) is 5.92 Å². The fourth-order valence-electron chi connectivity index (χ4n) is 3.49. The standard InChI is InChI=1S/C23H24ClNO4/c24-19-10-3-4-11-21(19)29-18-9-5-8-17(14-18)15-20(23(27)28)25-22(26)13-12-16-6-1-2-7-16/h3-5,8-11,14-16H,1-2,6-7,12-13H2,(H,25,26)(H,27,28). The van der Waals surface area contributed by atoms with Gasteiger partial charge in [0.25, 0.3) is 0 Å². The monoisotopic (exact) mass is 413 g/mol. The third kappa shape index (κ3) is 6.36. The summed E-state index contributed by atoms with van der Waals surface area (Å²) in [6.07, 6.45) is 7.33. The smallest absolute Gasteiger partial charge is 0.352 e. The molecule has 1 fully saturated rings. The molecule has 0 saturated heterocycles. The molecule has 0 aliphatic heterocycles. The molecule has 1 aliphatic carbocycles. The zero-order valence-electron chi connectivity index (χ0n) is 16.1. The number of hydrogen-bond acceptors (Lipinski definition) is 3. The van der Waals surface area contributed by atoms with Crippen LogP contribution in [-0.2, 0) is 9.59 Å². The van der Waals surface area contributed by atoms with Gasteiger partial charge in [-0.1, -0.05) is 61.5 Å². The number of amides is 1. The number of nitrogens with one attached hydrogen (secondary N) is 1. The number of carboxylic acids is 1. The van der Waals surface area contributed by atoms with E-state index in [9.17, 15) is 14.7 Å². The normalized spacial score (nSPS) is 14.6. The fraction of sp³-hybridized carbons (Fsp3) is 0.304. The van der Waals surface area contributed by atoms with Crippen molar-refractivity contribution in [2.75, 3.05) is 0 Å². The highest BCUT2D eigenvalue weighted by Gasteiger charge is 2.18. The zero-order chi connectivity index (χ0) is 20.6. The molecule has 3 rings (SSSR count). The summed E-state index contributed by atoms with van der Waals surface area (Å²) in [4.78, 5) is 23.8. The molecule has 0 spiro atoms. The van der Waals surface area contributed by atoms with Gasteiger partial charge in [0.05, 0.1) is 5.02 Å². The van der Waals surface area contributed by atoms with Crippen LogP contribution in [0.2, 0.25) is 5.02 Å². The van der Waals surface area contributed by atoms with E-state index in [2.05, 4.69) is 5.32 Å². The highest BCUT2D eigenvalue weighted by molar-refractivity contribution is 6.32. The number of ether oxygens (including phenoxy) is 1. The number of carbonyl (C=O) groups is 2. The molecule has 6 heteroatoms. The Hall–Kier alpha value is -2.79. The summed E-state index contributed by atoms with van der Waals surface area (Å²) in [6, 6.07) is 14.0. The van der Waals surface area contributed by atoms with Crippen molar-refractivity contribution in [3.05, 3.63) is 64.8 Å². The van der Waals surface area contributed by atoms with Crippen LogP contribution in [0.3, 0.4) is 0 Å². The number of halogens is 1. The Kier molecular flexibility index (Phi) is 7.30. The van der Waals surface area contributed by atoms with Gasteiger partial charge in [-0.2, -0.15) is 0 Å². The summed E-state index contributed by atoms with van der Waals surface area (Å²) in [5.41, 5.74) is 0.444. The van der Waals surface area contributed by atoms with Crippen LogP contribution in [-0.4, -0.2) is 17.0 Å². The van der Waals surface area contributed by atoms with Gasteiger partial charge < -0.3 is 15.2 Å². The number of rotatable bonds is 8. The van der Waals surface area contributed by atoms with E-state index in [1.165, 1.54) is 18.9 Å². The van der Waals surface area contributed by atoms with Crippen LogP contribution in [0.4, 0.5) is 0 Å². The molecule has 0 heterocycles. The van der Waals surface area contributed by atoms with E-state index >= 15 is 0 Å². The Morgan fingerprint density at radius 1 is 1.14 bits per heavy atom. The van der Waals surface area contributed by atoms with Crippen molar-refractivity contribution in [1.29, 1.82) is 0 Å². The van der Waals surface area contributed by atoms with E-state index in [1.54, 1.807) is 36.4 Å². The van der Waals surface area contributed by atoms with Crippen LogP contribution in [0.1, 0.15) is 44.1 Å². The summed E-state index contributed by atoms with van der Waals surface area (Å²) in [7, 11) is 0. The van der Waals surface area contributed by atoms with Gasteiger partial charge in [0, 0.05) is 6.42 Å². The number of carboxylic acid groups (broad SMARTS) is 1. The van der Waals surface area contributed by atoms with Crippen LogP contribution in [0.25, 0.3) is 6.08 Å². The molecule has 0 aromatic heterocycles. The van der Waals surface area contributed by atoms with E-state index in [0.29, 0.717) is 34.4 Å². The lowest BCUT2D eigenvalue weighted by Gasteiger charge is -2.10. The molecule has 0 radical (unpaired) electrons. The molecular formula is C23H24ClNO4. The minimum atomic E-state index is -1.18. The van der Waals surface area contributed by atoms with Crippen molar-refractivity contribution in [3.8, 4) is 11.5 Å². The quantitative estimate of drug-likeness (QED) is 0.549.